The van der Waals surface area contributed by atoms with Crippen molar-refractivity contribution >= 4 is 17.3 Å². The minimum absolute atomic E-state index is 0.0810. The number of anilines is 2. The number of ether oxygens (including phenoxy) is 2. The van der Waals surface area contributed by atoms with Crippen molar-refractivity contribution in [1.29, 1.82) is 0 Å². The van der Waals surface area contributed by atoms with E-state index in [1.54, 1.807) is 0 Å². The normalized spacial score (nSPS) is 10.2. The van der Waals surface area contributed by atoms with E-state index in [1.165, 1.54) is 0 Å². The van der Waals surface area contributed by atoms with Crippen LogP contribution in [0.25, 0.3) is 0 Å². The second kappa shape index (κ2) is 10.0. The molecule has 28 heavy (non-hydrogen) atoms. The SMILES string of the molecule is CCOc1ccc(NCCC(=O)Nc2ccccc2Oc2ccccc2)cc1. The van der Waals surface area contributed by atoms with Gasteiger partial charge in [-0.05, 0) is 55.5 Å². The first-order valence-corrected chi connectivity index (χ1v) is 9.33. The summed E-state index contributed by atoms with van der Waals surface area (Å²) in [6, 6.07) is 24.6. The molecular formula is C23H24N2O3. The summed E-state index contributed by atoms with van der Waals surface area (Å²) in [6.07, 6.45) is 0.340. The Morgan fingerprint density at radius 3 is 2.32 bits per heavy atom. The Balaban J connectivity index is 1.51. The molecule has 1 amide bonds. The lowest BCUT2D eigenvalue weighted by Gasteiger charge is -2.12. The van der Waals surface area contributed by atoms with Gasteiger partial charge in [-0.3, -0.25) is 4.79 Å². The van der Waals surface area contributed by atoms with Crippen LogP contribution in [-0.4, -0.2) is 19.1 Å². The minimum Gasteiger partial charge on any atom is -0.494 e. The highest BCUT2D eigenvalue weighted by Gasteiger charge is 2.08. The lowest BCUT2D eigenvalue weighted by molar-refractivity contribution is -0.116. The van der Waals surface area contributed by atoms with E-state index in [1.807, 2.05) is 85.8 Å². The molecule has 0 aliphatic carbocycles. The van der Waals surface area contributed by atoms with Gasteiger partial charge >= 0.3 is 0 Å². The second-order valence-electron chi connectivity index (χ2n) is 6.09. The highest BCUT2D eigenvalue weighted by atomic mass is 16.5. The lowest BCUT2D eigenvalue weighted by Crippen LogP contribution is -2.16. The van der Waals surface area contributed by atoms with Gasteiger partial charge in [-0.15, -0.1) is 0 Å². The van der Waals surface area contributed by atoms with Crippen LogP contribution < -0.4 is 20.1 Å². The van der Waals surface area contributed by atoms with E-state index in [2.05, 4.69) is 10.6 Å². The number of rotatable bonds is 9. The molecule has 5 heteroatoms. The zero-order chi connectivity index (χ0) is 19.6. The third-order valence-electron chi connectivity index (χ3n) is 3.98. The van der Waals surface area contributed by atoms with Gasteiger partial charge in [0.15, 0.2) is 5.75 Å². The van der Waals surface area contributed by atoms with Crippen molar-refractivity contribution in [2.24, 2.45) is 0 Å². The molecule has 3 rings (SSSR count). The van der Waals surface area contributed by atoms with Crippen LogP contribution in [0.15, 0.2) is 78.9 Å². The average molecular weight is 376 g/mol. The summed E-state index contributed by atoms with van der Waals surface area (Å²) in [4.78, 5) is 12.3. The van der Waals surface area contributed by atoms with Crippen LogP contribution in [0.3, 0.4) is 0 Å². The van der Waals surface area contributed by atoms with Gasteiger partial charge in [0.2, 0.25) is 5.91 Å². The molecule has 0 aliphatic heterocycles. The molecule has 0 aromatic heterocycles. The summed E-state index contributed by atoms with van der Waals surface area (Å²) in [5.41, 5.74) is 1.60. The number of carbonyl (C=O) groups excluding carboxylic acids is 1. The summed E-state index contributed by atoms with van der Waals surface area (Å²) < 4.78 is 11.3. The number of hydrogen-bond acceptors (Lipinski definition) is 4. The maximum Gasteiger partial charge on any atom is 0.226 e. The maximum atomic E-state index is 12.3. The molecule has 2 N–H and O–H groups in total. The molecular weight excluding hydrogens is 352 g/mol. The first-order valence-electron chi connectivity index (χ1n) is 9.33. The third kappa shape index (κ3) is 5.77. The zero-order valence-corrected chi connectivity index (χ0v) is 15.9. The largest absolute Gasteiger partial charge is 0.494 e. The summed E-state index contributed by atoms with van der Waals surface area (Å²) in [5, 5.41) is 6.16. The second-order valence-corrected chi connectivity index (χ2v) is 6.09. The van der Waals surface area contributed by atoms with Crippen LogP contribution in [0, 0.1) is 0 Å². The van der Waals surface area contributed by atoms with Crippen LogP contribution in [-0.2, 0) is 4.79 Å². The molecule has 3 aromatic rings. The molecule has 0 radical (unpaired) electrons. The van der Waals surface area contributed by atoms with Gasteiger partial charge in [0.1, 0.15) is 11.5 Å². The Morgan fingerprint density at radius 2 is 1.57 bits per heavy atom. The number of nitrogens with one attached hydrogen (secondary N) is 2. The molecule has 0 atom stereocenters. The number of hydrogen-bond donors (Lipinski definition) is 2. The Kier molecular flexibility index (Phi) is 6.90. The van der Waals surface area contributed by atoms with Gasteiger partial charge in [-0.25, -0.2) is 0 Å². The summed E-state index contributed by atoms with van der Waals surface area (Å²) in [5.74, 6) is 2.09. The Morgan fingerprint density at radius 1 is 0.857 bits per heavy atom. The fraction of sp³-hybridized carbons (Fsp3) is 0.174. The Hall–Kier alpha value is -3.47. The predicted octanol–water partition coefficient (Wildman–Crippen LogP) is 5.32. The predicted molar refractivity (Wildman–Crippen MR) is 112 cm³/mol. The van der Waals surface area contributed by atoms with Crippen LogP contribution in [0.1, 0.15) is 13.3 Å². The number of para-hydroxylation sites is 3. The zero-order valence-electron chi connectivity index (χ0n) is 15.9. The fourth-order valence-corrected chi connectivity index (χ4v) is 2.64. The molecule has 0 bridgehead atoms. The van der Waals surface area contributed by atoms with E-state index in [0.717, 1.165) is 17.2 Å². The first kappa shape index (κ1) is 19.3. The summed E-state index contributed by atoms with van der Waals surface area (Å²) in [7, 11) is 0. The highest BCUT2D eigenvalue weighted by Crippen LogP contribution is 2.29. The summed E-state index contributed by atoms with van der Waals surface area (Å²) in [6.45, 7) is 3.12. The molecule has 0 heterocycles. The Labute approximate surface area is 165 Å². The van der Waals surface area contributed by atoms with E-state index >= 15 is 0 Å². The van der Waals surface area contributed by atoms with Crippen LogP contribution >= 0.6 is 0 Å². The molecule has 3 aromatic carbocycles. The molecule has 0 saturated heterocycles. The number of amides is 1. The van der Waals surface area contributed by atoms with E-state index < -0.39 is 0 Å². The van der Waals surface area contributed by atoms with E-state index in [4.69, 9.17) is 9.47 Å². The molecule has 5 nitrogen and oxygen atoms in total. The van der Waals surface area contributed by atoms with E-state index in [0.29, 0.717) is 31.0 Å². The van der Waals surface area contributed by atoms with Crippen molar-refractivity contribution < 1.29 is 14.3 Å². The fourth-order valence-electron chi connectivity index (χ4n) is 2.64. The van der Waals surface area contributed by atoms with Crippen molar-refractivity contribution in [3.05, 3.63) is 78.9 Å². The van der Waals surface area contributed by atoms with Crippen molar-refractivity contribution in [2.45, 2.75) is 13.3 Å². The molecule has 0 spiro atoms. The monoisotopic (exact) mass is 376 g/mol. The van der Waals surface area contributed by atoms with Gasteiger partial charge < -0.3 is 20.1 Å². The van der Waals surface area contributed by atoms with Crippen molar-refractivity contribution in [1.82, 2.24) is 0 Å². The van der Waals surface area contributed by atoms with Crippen LogP contribution in [0.5, 0.6) is 17.2 Å². The number of benzene rings is 3. The third-order valence-corrected chi connectivity index (χ3v) is 3.98. The average Bonchev–Trinajstić information content (AvgIpc) is 2.72. The molecule has 0 aliphatic rings. The van der Waals surface area contributed by atoms with Crippen molar-refractivity contribution in [3.63, 3.8) is 0 Å². The maximum absolute atomic E-state index is 12.3. The topological polar surface area (TPSA) is 59.6 Å². The first-order chi connectivity index (χ1) is 13.7. The van der Waals surface area contributed by atoms with Crippen molar-refractivity contribution in [2.75, 3.05) is 23.8 Å². The summed E-state index contributed by atoms with van der Waals surface area (Å²) >= 11 is 0. The van der Waals surface area contributed by atoms with E-state index in [-0.39, 0.29) is 5.91 Å². The van der Waals surface area contributed by atoms with Gasteiger partial charge in [-0.2, -0.15) is 0 Å². The minimum atomic E-state index is -0.0810. The van der Waals surface area contributed by atoms with Gasteiger partial charge in [0.25, 0.3) is 0 Å². The molecule has 144 valence electrons. The van der Waals surface area contributed by atoms with E-state index in [9.17, 15) is 4.79 Å². The van der Waals surface area contributed by atoms with Gasteiger partial charge in [0.05, 0.1) is 12.3 Å². The van der Waals surface area contributed by atoms with Gasteiger partial charge in [0, 0.05) is 18.7 Å². The quantitative estimate of drug-likeness (QED) is 0.531. The van der Waals surface area contributed by atoms with Crippen LogP contribution in [0.2, 0.25) is 0 Å². The smallest absolute Gasteiger partial charge is 0.226 e. The lowest BCUT2D eigenvalue weighted by atomic mass is 10.2. The Bertz CT molecular complexity index is 880. The number of carbonyl (C=O) groups is 1. The molecule has 0 fully saturated rings. The highest BCUT2D eigenvalue weighted by molar-refractivity contribution is 5.92. The molecule has 0 saturated carbocycles. The van der Waals surface area contributed by atoms with Crippen LogP contribution in [0.4, 0.5) is 11.4 Å². The van der Waals surface area contributed by atoms with Crippen molar-refractivity contribution in [3.8, 4) is 17.2 Å². The standard InChI is InChI=1S/C23H24N2O3/c1-2-27-19-14-12-18(13-15-19)24-17-16-23(26)25-21-10-6-7-11-22(21)28-20-8-4-3-5-9-20/h3-15,24H,2,16-17H2,1H3,(H,25,26). The van der Waals surface area contributed by atoms with Gasteiger partial charge in [-0.1, -0.05) is 30.3 Å². The molecule has 0 unspecified atom stereocenters.